The van der Waals surface area contributed by atoms with Crippen molar-refractivity contribution >= 4 is 0 Å². The first-order valence-electron chi connectivity index (χ1n) is 7.21. The Balaban J connectivity index is 2.00. The normalized spacial score (nSPS) is 12.3. The van der Waals surface area contributed by atoms with Gasteiger partial charge in [-0.25, -0.2) is 4.98 Å². The minimum Gasteiger partial charge on any atom is -0.494 e. The first-order valence-corrected chi connectivity index (χ1v) is 7.21. The molecule has 0 saturated heterocycles. The molecule has 1 aromatic heterocycles. The third-order valence-electron chi connectivity index (χ3n) is 3.10. The first-order chi connectivity index (χ1) is 9.69. The Morgan fingerprint density at radius 2 is 2.05 bits per heavy atom. The number of aromatic amines is 1. The van der Waals surface area contributed by atoms with Gasteiger partial charge in [0.25, 0.3) is 0 Å². The minimum atomic E-state index is 0.207. The van der Waals surface area contributed by atoms with Crippen LogP contribution in [0.2, 0.25) is 0 Å². The average molecular weight is 273 g/mol. The summed E-state index contributed by atoms with van der Waals surface area (Å²) in [6, 6.07) is 8.29. The molecule has 0 saturated carbocycles. The Hall–Kier alpha value is -1.81. The molecule has 1 aromatic carbocycles. The molecule has 0 aliphatic heterocycles. The van der Waals surface area contributed by atoms with Crippen LogP contribution in [-0.2, 0) is 6.42 Å². The summed E-state index contributed by atoms with van der Waals surface area (Å²) in [5, 5.41) is 0. The molecule has 4 heteroatoms. The van der Waals surface area contributed by atoms with E-state index in [9.17, 15) is 0 Å². The molecule has 2 aromatic rings. The Morgan fingerprint density at radius 1 is 1.30 bits per heavy atom. The SMILES string of the molecule is CCCOc1ccc(-c2cnc(CCC(C)N)[nH]2)cc1. The van der Waals surface area contributed by atoms with Crippen molar-refractivity contribution in [2.75, 3.05) is 6.61 Å². The number of nitrogens with one attached hydrogen (secondary N) is 1. The number of benzene rings is 1. The lowest BCUT2D eigenvalue weighted by Gasteiger charge is -2.05. The number of imidazole rings is 1. The zero-order valence-electron chi connectivity index (χ0n) is 12.2. The van der Waals surface area contributed by atoms with Crippen LogP contribution < -0.4 is 10.5 Å². The van der Waals surface area contributed by atoms with Crippen molar-refractivity contribution in [2.45, 2.75) is 39.2 Å². The Kier molecular flexibility index (Phi) is 5.18. The maximum Gasteiger partial charge on any atom is 0.119 e. The smallest absolute Gasteiger partial charge is 0.119 e. The second kappa shape index (κ2) is 7.10. The highest BCUT2D eigenvalue weighted by molar-refractivity contribution is 5.59. The summed E-state index contributed by atoms with van der Waals surface area (Å²) >= 11 is 0. The predicted molar refractivity (Wildman–Crippen MR) is 81.8 cm³/mol. The van der Waals surface area contributed by atoms with E-state index in [4.69, 9.17) is 10.5 Å². The Bertz CT molecular complexity index is 517. The molecule has 3 N–H and O–H groups in total. The zero-order chi connectivity index (χ0) is 14.4. The molecule has 0 radical (unpaired) electrons. The third-order valence-corrected chi connectivity index (χ3v) is 3.10. The van der Waals surface area contributed by atoms with Gasteiger partial charge >= 0.3 is 0 Å². The highest BCUT2D eigenvalue weighted by Gasteiger charge is 2.05. The number of aryl methyl sites for hydroxylation is 1. The highest BCUT2D eigenvalue weighted by Crippen LogP contribution is 2.21. The second-order valence-corrected chi connectivity index (χ2v) is 5.13. The molecule has 0 amide bonds. The standard InChI is InChI=1S/C16H23N3O/c1-3-10-20-14-7-5-13(6-8-14)15-11-18-16(19-15)9-4-12(2)17/h5-8,11-12H,3-4,9-10,17H2,1-2H3,(H,18,19). The van der Waals surface area contributed by atoms with Crippen LogP contribution in [0.5, 0.6) is 5.75 Å². The number of nitrogens with two attached hydrogens (primary N) is 1. The number of H-pyrrole nitrogens is 1. The van der Waals surface area contributed by atoms with E-state index in [0.717, 1.165) is 48.7 Å². The van der Waals surface area contributed by atoms with E-state index in [0.29, 0.717) is 0 Å². The van der Waals surface area contributed by atoms with E-state index < -0.39 is 0 Å². The lowest BCUT2D eigenvalue weighted by molar-refractivity contribution is 0.317. The molecule has 1 atom stereocenters. The van der Waals surface area contributed by atoms with E-state index in [1.165, 1.54) is 0 Å². The van der Waals surface area contributed by atoms with Gasteiger partial charge in [-0.2, -0.15) is 0 Å². The van der Waals surface area contributed by atoms with Gasteiger partial charge in [0, 0.05) is 12.5 Å². The molecule has 0 aliphatic rings. The summed E-state index contributed by atoms with van der Waals surface area (Å²) in [5.41, 5.74) is 7.91. The van der Waals surface area contributed by atoms with Crippen LogP contribution in [-0.4, -0.2) is 22.6 Å². The Morgan fingerprint density at radius 3 is 2.70 bits per heavy atom. The van der Waals surface area contributed by atoms with Gasteiger partial charge in [0.2, 0.25) is 0 Å². The molecule has 4 nitrogen and oxygen atoms in total. The summed E-state index contributed by atoms with van der Waals surface area (Å²) in [4.78, 5) is 7.73. The molecule has 0 aliphatic carbocycles. The fraction of sp³-hybridized carbons (Fsp3) is 0.438. The summed E-state index contributed by atoms with van der Waals surface area (Å²) in [7, 11) is 0. The zero-order valence-corrected chi connectivity index (χ0v) is 12.2. The Labute approximate surface area is 120 Å². The van der Waals surface area contributed by atoms with Crippen molar-refractivity contribution < 1.29 is 4.74 Å². The second-order valence-electron chi connectivity index (χ2n) is 5.13. The van der Waals surface area contributed by atoms with Crippen LogP contribution in [0.1, 0.15) is 32.5 Å². The number of hydrogen-bond donors (Lipinski definition) is 2. The van der Waals surface area contributed by atoms with E-state index in [1.54, 1.807) is 0 Å². The molecule has 2 rings (SSSR count). The van der Waals surface area contributed by atoms with E-state index in [-0.39, 0.29) is 6.04 Å². The van der Waals surface area contributed by atoms with Gasteiger partial charge in [0.1, 0.15) is 11.6 Å². The minimum absolute atomic E-state index is 0.207. The van der Waals surface area contributed by atoms with Crippen molar-refractivity contribution in [3.63, 3.8) is 0 Å². The quantitative estimate of drug-likeness (QED) is 0.814. The molecule has 1 unspecified atom stereocenters. The highest BCUT2D eigenvalue weighted by atomic mass is 16.5. The van der Waals surface area contributed by atoms with Crippen molar-refractivity contribution in [1.29, 1.82) is 0 Å². The predicted octanol–water partition coefficient (Wildman–Crippen LogP) is 3.15. The average Bonchev–Trinajstić information content (AvgIpc) is 2.92. The van der Waals surface area contributed by atoms with E-state index in [1.807, 2.05) is 37.4 Å². The third kappa shape index (κ3) is 4.10. The van der Waals surface area contributed by atoms with Gasteiger partial charge in [-0.15, -0.1) is 0 Å². The molecule has 108 valence electrons. The number of hydrogen-bond acceptors (Lipinski definition) is 3. The number of ether oxygens (including phenoxy) is 1. The summed E-state index contributed by atoms with van der Waals surface area (Å²) in [6.45, 7) is 4.87. The number of nitrogens with zero attached hydrogens (tertiary/aromatic N) is 1. The van der Waals surface area contributed by atoms with Gasteiger partial charge in [-0.1, -0.05) is 6.92 Å². The fourth-order valence-electron chi connectivity index (χ4n) is 1.95. The molecule has 20 heavy (non-hydrogen) atoms. The van der Waals surface area contributed by atoms with Gasteiger partial charge in [0.05, 0.1) is 18.5 Å². The van der Waals surface area contributed by atoms with Crippen molar-refractivity contribution in [3.05, 3.63) is 36.3 Å². The lowest BCUT2D eigenvalue weighted by Crippen LogP contribution is -2.15. The number of aromatic nitrogens is 2. The molecular formula is C16H23N3O. The summed E-state index contributed by atoms with van der Waals surface area (Å²) < 4.78 is 5.58. The van der Waals surface area contributed by atoms with Crippen LogP contribution in [0.4, 0.5) is 0 Å². The van der Waals surface area contributed by atoms with Gasteiger partial charge in [-0.3, -0.25) is 0 Å². The topological polar surface area (TPSA) is 63.9 Å². The van der Waals surface area contributed by atoms with Crippen molar-refractivity contribution in [2.24, 2.45) is 5.73 Å². The monoisotopic (exact) mass is 273 g/mol. The summed E-state index contributed by atoms with van der Waals surface area (Å²) in [6.07, 6.45) is 4.72. The maximum absolute atomic E-state index is 5.76. The van der Waals surface area contributed by atoms with Gasteiger partial charge < -0.3 is 15.5 Å². The van der Waals surface area contributed by atoms with Crippen molar-refractivity contribution in [1.82, 2.24) is 9.97 Å². The van der Waals surface area contributed by atoms with Crippen LogP contribution in [0.3, 0.4) is 0 Å². The van der Waals surface area contributed by atoms with Crippen LogP contribution in [0, 0.1) is 0 Å². The molecule has 0 bridgehead atoms. The van der Waals surface area contributed by atoms with Crippen LogP contribution in [0.15, 0.2) is 30.5 Å². The van der Waals surface area contributed by atoms with Gasteiger partial charge in [-0.05, 0) is 49.6 Å². The van der Waals surface area contributed by atoms with Crippen LogP contribution in [0.25, 0.3) is 11.3 Å². The van der Waals surface area contributed by atoms with E-state index in [2.05, 4.69) is 16.9 Å². The molecule has 1 heterocycles. The molecule has 0 spiro atoms. The van der Waals surface area contributed by atoms with Crippen LogP contribution >= 0.6 is 0 Å². The van der Waals surface area contributed by atoms with E-state index >= 15 is 0 Å². The summed E-state index contributed by atoms with van der Waals surface area (Å²) in [5.74, 6) is 1.90. The molecule has 0 fully saturated rings. The number of rotatable bonds is 7. The van der Waals surface area contributed by atoms with Crippen molar-refractivity contribution in [3.8, 4) is 17.0 Å². The fourth-order valence-corrected chi connectivity index (χ4v) is 1.95. The van der Waals surface area contributed by atoms with Gasteiger partial charge in [0.15, 0.2) is 0 Å². The first kappa shape index (κ1) is 14.6. The lowest BCUT2D eigenvalue weighted by atomic mass is 10.1. The largest absolute Gasteiger partial charge is 0.494 e. The molecular weight excluding hydrogens is 250 g/mol. The maximum atomic E-state index is 5.76.